The van der Waals surface area contributed by atoms with E-state index in [4.69, 9.17) is 4.74 Å². The maximum atomic E-state index is 12.1. The van der Waals surface area contributed by atoms with Crippen LogP contribution in [-0.4, -0.2) is 33.6 Å². The molecule has 2 rings (SSSR count). The SMILES string of the molecule is CC(=O)O[C@H]1C(=O)N(Cc2ccccc2)C(=O)[C@H]1Br. The van der Waals surface area contributed by atoms with E-state index in [9.17, 15) is 14.4 Å². The van der Waals surface area contributed by atoms with E-state index in [1.807, 2.05) is 30.3 Å². The maximum absolute atomic E-state index is 12.1. The highest BCUT2D eigenvalue weighted by atomic mass is 79.9. The lowest BCUT2D eigenvalue weighted by Crippen LogP contribution is -2.33. The van der Waals surface area contributed by atoms with E-state index in [-0.39, 0.29) is 12.5 Å². The predicted molar refractivity (Wildman–Crippen MR) is 70.3 cm³/mol. The molecule has 5 nitrogen and oxygen atoms in total. The molecular weight excluding hydrogens is 314 g/mol. The van der Waals surface area contributed by atoms with Gasteiger partial charge in [-0.25, -0.2) is 0 Å². The highest BCUT2D eigenvalue weighted by molar-refractivity contribution is 9.10. The summed E-state index contributed by atoms with van der Waals surface area (Å²) in [6.07, 6.45) is -1.08. The summed E-state index contributed by atoms with van der Waals surface area (Å²) >= 11 is 3.10. The molecule has 0 spiro atoms. The number of rotatable bonds is 3. The molecule has 0 bridgehead atoms. The van der Waals surface area contributed by atoms with E-state index in [1.165, 1.54) is 6.92 Å². The van der Waals surface area contributed by atoms with Gasteiger partial charge in [-0.05, 0) is 5.56 Å². The molecule has 19 heavy (non-hydrogen) atoms. The number of likely N-dealkylation sites (tertiary alicyclic amines) is 1. The molecule has 1 heterocycles. The Morgan fingerprint density at radius 2 is 1.89 bits per heavy atom. The normalized spacial score (nSPS) is 22.7. The third kappa shape index (κ3) is 2.84. The highest BCUT2D eigenvalue weighted by Gasteiger charge is 2.48. The fraction of sp³-hybridized carbons (Fsp3) is 0.308. The van der Waals surface area contributed by atoms with Gasteiger partial charge in [0.05, 0.1) is 6.54 Å². The van der Waals surface area contributed by atoms with Gasteiger partial charge in [-0.15, -0.1) is 0 Å². The first-order valence-corrected chi connectivity index (χ1v) is 6.62. The summed E-state index contributed by atoms with van der Waals surface area (Å²) in [5.41, 5.74) is 0.840. The number of benzene rings is 1. The van der Waals surface area contributed by atoms with Crippen molar-refractivity contribution < 1.29 is 19.1 Å². The topological polar surface area (TPSA) is 63.7 Å². The van der Waals surface area contributed by atoms with Crippen molar-refractivity contribution in [2.75, 3.05) is 0 Å². The largest absolute Gasteiger partial charge is 0.451 e. The van der Waals surface area contributed by atoms with Crippen molar-refractivity contribution in [3.63, 3.8) is 0 Å². The van der Waals surface area contributed by atoms with Crippen molar-refractivity contribution in [3.05, 3.63) is 35.9 Å². The van der Waals surface area contributed by atoms with Crippen LogP contribution in [0.2, 0.25) is 0 Å². The van der Waals surface area contributed by atoms with Gasteiger partial charge >= 0.3 is 5.97 Å². The molecule has 0 radical (unpaired) electrons. The number of carbonyl (C=O) groups is 3. The van der Waals surface area contributed by atoms with Crippen LogP contribution >= 0.6 is 15.9 Å². The molecule has 0 saturated carbocycles. The third-order valence-electron chi connectivity index (χ3n) is 2.75. The van der Waals surface area contributed by atoms with Crippen molar-refractivity contribution in [3.8, 4) is 0 Å². The van der Waals surface area contributed by atoms with Crippen molar-refractivity contribution >= 4 is 33.7 Å². The molecule has 1 aromatic rings. The van der Waals surface area contributed by atoms with Crippen molar-refractivity contribution in [1.82, 2.24) is 4.90 Å². The number of imide groups is 1. The van der Waals surface area contributed by atoms with Crippen LogP contribution in [0, 0.1) is 0 Å². The maximum Gasteiger partial charge on any atom is 0.303 e. The summed E-state index contributed by atoms with van der Waals surface area (Å²) in [4.78, 5) is 35.3. The first kappa shape index (κ1) is 13.7. The monoisotopic (exact) mass is 325 g/mol. The molecule has 100 valence electrons. The minimum absolute atomic E-state index is 0.179. The summed E-state index contributed by atoms with van der Waals surface area (Å²) in [5, 5.41) is 0. The Morgan fingerprint density at radius 3 is 2.47 bits per heavy atom. The summed E-state index contributed by atoms with van der Waals surface area (Å²) < 4.78 is 4.88. The van der Waals surface area contributed by atoms with Crippen LogP contribution in [0.3, 0.4) is 0 Å². The molecule has 2 atom stereocenters. The average molecular weight is 326 g/mol. The fourth-order valence-electron chi connectivity index (χ4n) is 1.88. The number of esters is 1. The molecule has 6 heteroatoms. The summed E-state index contributed by atoms with van der Waals surface area (Å²) in [6, 6.07) is 9.16. The van der Waals surface area contributed by atoms with E-state index < -0.39 is 22.8 Å². The quantitative estimate of drug-likeness (QED) is 0.476. The molecule has 1 aliphatic rings. The Balaban J connectivity index is 2.16. The number of hydrogen-bond acceptors (Lipinski definition) is 4. The summed E-state index contributed by atoms with van der Waals surface area (Å²) in [5.74, 6) is -1.47. The molecular formula is C13H12BrNO4. The van der Waals surface area contributed by atoms with Gasteiger partial charge in [-0.1, -0.05) is 46.3 Å². The van der Waals surface area contributed by atoms with Gasteiger partial charge in [0.15, 0.2) is 0 Å². The van der Waals surface area contributed by atoms with Crippen molar-refractivity contribution in [1.29, 1.82) is 0 Å². The number of amides is 2. The van der Waals surface area contributed by atoms with E-state index in [2.05, 4.69) is 15.9 Å². The van der Waals surface area contributed by atoms with E-state index in [1.54, 1.807) is 0 Å². The van der Waals surface area contributed by atoms with Crippen molar-refractivity contribution in [2.24, 2.45) is 0 Å². The Kier molecular flexibility index (Phi) is 3.99. The van der Waals surface area contributed by atoms with Crippen LogP contribution in [-0.2, 0) is 25.7 Å². The van der Waals surface area contributed by atoms with Gasteiger partial charge < -0.3 is 4.74 Å². The zero-order valence-electron chi connectivity index (χ0n) is 10.2. The summed E-state index contributed by atoms with van der Waals surface area (Å²) in [7, 11) is 0. The predicted octanol–water partition coefficient (Wildman–Crippen LogP) is 1.25. The minimum atomic E-state index is -1.08. The Hall–Kier alpha value is -1.69. The van der Waals surface area contributed by atoms with Crippen molar-refractivity contribution in [2.45, 2.75) is 24.4 Å². The van der Waals surface area contributed by atoms with E-state index >= 15 is 0 Å². The second kappa shape index (κ2) is 5.52. The number of nitrogens with zero attached hydrogens (tertiary/aromatic N) is 1. The Morgan fingerprint density at radius 1 is 1.26 bits per heavy atom. The molecule has 2 amide bonds. The zero-order valence-corrected chi connectivity index (χ0v) is 11.8. The fourth-order valence-corrected chi connectivity index (χ4v) is 2.46. The van der Waals surface area contributed by atoms with Crippen LogP contribution < -0.4 is 0 Å². The summed E-state index contributed by atoms with van der Waals surface area (Å²) in [6.45, 7) is 1.38. The van der Waals surface area contributed by atoms with Crippen LogP contribution in [0.15, 0.2) is 30.3 Å². The van der Waals surface area contributed by atoms with Gasteiger partial charge in [0.1, 0.15) is 4.83 Å². The molecule has 0 N–H and O–H groups in total. The highest BCUT2D eigenvalue weighted by Crippen LogP contribution is 2.25. The third-order valence-corrected chi connectivity index (χ3v) is 3.63. The smallest absolute Gasteiger partial charge is 0.303 e. The van der Waals surface area contributed by atoms with Gasteiger partial charge in [-0.3, -0.25) is 19.3 Å². The standard InChI is InChI=1S/C13H12BrNO4/c1-8(16)19-11-10(14)12(17)15(13(11)18)7-9-5-3-2-4-6-9/h2-6,10-11H,7H2,1H3/t10-,11+/m0/s1. The molecule has 0 aromatic heterocycles. The number of hydrogen-bond donors (Lipinski definition) is 0. The zero-order chi connectivity index (χ0) is 14.0. The molecule has 1 aromatic carbocycles. The van der Waals surface area contributed by atoms with Crippen LogP contribution in [0.1, 0.15) is 12.5 Å². The number of carbonyl (C=O) groups excluding carboxylic acids is 3. The number of ether oxygens (including phenoxy) is 1. The van der Waals surface area contributed by atoms with Crippen LogP contribution in [0.25, 0.3) is 0 Å². The van der Waals surface area contributed by atoms with Gasteiger partial charge in [-0.2, -0.15) is 0 Å². The first-order valence-electron chi connectivity index (χ1n) is 5.71. The average Bonchev–Trinajstić information content (AvgIpc) is 2.57. The second-order valence-electron chi connectivity index (χ2n) is 4.18. The lowest BCUT2D eigenvalue weighted by atomic mass is 10.2. The molecule has 1 aliphatic heterocycles. The lowest BCUT2D eigenvalue weighted by molar-refractivity contribution is -0.154. The van der Waals surface area contributed by atoms with Gasteiger partial charge in [0, 0.05) is 6.92 Å². The molecule has 1 saturated heterocycles. The lowest BCUT2D eigenvalue weighted by Gasteiger charge is -2.14. The van der Waals surface area contributed by atoms with Crippen LogP contribution in [0.4, 0.5) is 0 Å². The van der Waals surface area contributed by atoms with E-state index in [0.717, 1.165) is 10.5 Å². The Bertz CT molecular complexity index is 517. The van der Waals surface area contributed by atoms with E-state index in [0.29, 0.717) is 0 Å². The van der Waals surface area contributed by atoms with Gasteiger partial charge in [0.2, 0.25) is 12.0 Å². The molecule has 0 aliphatic carbocycles. The molecule has 1 fully saturated rings. The minimum Gasteiger partial charge on any atom is -0.451 e. The second-order valence-corrected chi connectivity index (χ2v) is 5.17. The van der Waals surface area contributed by atoms with Gasteiger partial charge in [0.25, 0.3) is 5.91 Å². The molecule has 0 unspecified atom stereocenters. The first-order chi connectivity index (χ1) is 9.00. The number of alkyl halides is 1. The Labute approximate surface area is 118 Å². The van der Waals surface area contributed by atoms with Crippen LogP contribution in [0.5, 0.6) is 0 Å². The number of halogens is 1.